The van der Waals surface area contributed by atoms with Crippen LogP contribution in [0.25, 0.3) is 0 Å². The third-order valence-corrected chi connectivity index (χ3v) is 2.60. The van der Waals surface area contributed by atoms with Crippen LogP contribution in [0.15, 0.2) is 18.2 Å². The molecule has 82 valence electrons. The van der Waals surface area contributed by atoms with E-state index >= 15 is 0 Å². The molecule has 0 saturated carbocycles. The van der Waals surface area contributed by atoms with Gasteiger partial charge in [-0.2, -0.15) is 5.26 Å². The predicted molar refractivity (Wildman–Crippen MR) is 61.2 cm³/mol. The summed E-state index contributed by atoms with van der Waals surface area (Å²) in [5, 5.41) is 14.3. The fourth-order valence-corrected chi connectivity index (χ4v) is 1.77. The Morgan fingerprint density at radius 1 is 1.56 bits per heavy atom. The van der Waals surface area contributed by atoms with Crippen molar-refractivity contribution in [3.05, 3.63) is 29.3 Å². The number of nitrogens with one attached hydrogen (secondary N) is 2. The molecule has 4 nitrogen and oxygen atoms in total. The quantitative estimate of drug-likeness (QED) is 0.747. The Morgan fingerprint density at radius 3 is 3.25 bits per heavy atom. The van der Waals surface area contributed by atoms with Crippen molar-refractivity contribution in [1.29, 1.82) is 5.26 Å². The van der Waals surface area contributed by atoms with E-state index in [1.165, 1.54) is 5.56 Å². The summed E-state index contributed by atoms with van der Waals surface area (Å²) in [6.07, 6.45) is 1.36. The van der Waals surface area contributed by atoms with Crippen molar-refractivity contribution >= 4 is 11.6 Å². The van der Waals surface area contributed by atoms with Gasteiger partial charge >= 0.3 is 0 Å². The molecule has 0 saturated heterocycles. The highest BCUT2D eigenvalue weighted by Gasteiger charge is 2.12. The Bertz CT molecular complexity index is 448. The van der Waals surface area contributed by atoms with Crippen LogP contribution in [0.4, 0.5) is 5.69 Å². The second-order valence-corrected chi connectivity index (χ2v) is 3.71. The zero-order chi connectivity index (χ0) is 11.4. The number of nitrogens with zero attached hydrogens (tertiary/aromatic N) is 1. The SMILES string of the molecule is N#CCCNC(=O)c1ccc2c(c1)NCC2. The molecule has 1 aliphatic rings. The van der Waals surface area contributed by atoms with Gasteiger partial charge < -0.3 is 10.6 Å². The third-order valence-electron chi connectivity index (χ3n) is 2.60. The van der Waals surface area contributed by atoms with Gasteiger partial charge in [-0.05, 0) is 24.1 Å². The first-order valence-electron chi connectivity index (χ1n) is 5.33. The van der Waals surface area contributed by atoms with E-state index in [2.05, 4.69) is 10.6 Å². The average Bonchev–Trinajstić information content (AvgIpc) is 2.76. The monoisotopic (exact) mass is 215 g/mol. The Labute approximate surface area is 94.3 Å². The van der Waals surface area contributed by atoms with Crippen LogP contribution in [0, 0.1) is 11.3 Å². The number of hydrogen-bond acceptors (Lipinski definition) is 3. The summed E-state index contributed by atoms with van der Waals surface area (Å²) in [5.74, 6) is -0.119. The summed E-state index contributed by atoms with van der Waals surface area (Å²) in [4.78, 5) is 11.7. The average molecular weight is 215 g/mol. The standard InChI is InChI=1S/C12H13N3O/c13-5-1-6-15-12(16)10-3-2-9-4-7-14-11(9)8-10/h2-3,8,14H,1,4,6-7H2,(H,15,16). The molecule has 1 aliphatic heterocycles. The van der Waals surface area contributed by atoms with Crippen LogP contribution >= 0.6 is 0 Å². The fraction of sp³-hybridized carbons (Fsp3) is 0.333. The second-order valence-electron chi connectivity index (χ2n) is 3.71. The molecule has 0 spiro atoms. The molecule has 0 fully saturated rings. The van der Waals surface area contributed by atoms with E-state index in [1.807, 2.05) is 24.3 Å². The lowest BCUT2D eigenvalue weighted by Gasteiger charge is -2.05. The van der Waals surface area contributed by atoms with Crippen molar-refractivity contribution in [2.75, 3.05) is 18.4 Å². The maximum Gasteiger partial charge on any atom is 0.251 e. The zero-order valence-electron chi connectivity index (χ0n) is 8.92. The van der Waals surface area contributed by atoms with E-state index in [9.17, 15) is 4.79 Å². The minimum Gasteiger partial charge on any atom is -0.384 e. The molecule has 4 heteroatoms. The lowest BCUT2D eigenvalue weighted by molar-refractivity contribution is 0.0954. The molecular formula is C12H13N3O. The molecule has 0 aromatic heterocycles. The van der Waals surface area contributed by atoms with Gasteiger partial charge in [0, 0.05) is 24.3 Å². The van der Waals surface area contributed by atoms with E-state index in [0.29, 0.717) is 18.5 Å². The number of rotatable bonds is 3. The minimum absolute atomic E-state index is 0.119. The van der Waals surface area contributed by atoms with E-state index in [0.717, 1.165) is 18.7 Å². The molecule has 1 amide bonds. The van der Waals surface area contributed by atoms with Gasteiger partial charge in [-0.25, -0.2) is 0 Å². The van der Waals surface area contributed by atoms with Crippen LogP contribution in [-0.2, 0) is 6.42 Å². The van der Waals surface area contributed by atoms with Gasteiger partial charge in [0.2, 0.25) is 0 Å². The Hall–Kier alpha value is -2.02. The highest BCUT2D eigenvalue weighted by atomic mass is 16.1. The molecule has 0 aliphatic carbocycles. The summed E-state index contributed by atoms with van der Waals surface area (Å²) in [7, 11) is 0. The largest absolute Gasteiger partial charge is 0.384 e. The number of carbonyl (C=O) groups is 1. The molecule has 0 bridgehead atoms. The van der Waals surface area contributed by atoms with Crippen molar-refractivity contribution < 1.29 is 4.79 Å². The number of benzene rings is 1. The molecule has 1 heterocycles. The maximum atomic E-state index is 11.7. The van der Waals surface area contributed by atoms with Gasteiger partial charge in [-0.1, -0.05) is 6.07 Å². The van der Waals surface area contributed by atoms with Crippen molar-refractivity contribution in [2.24, 2.45) is 0 Å². The minimum atomic E-state index is -0.119. The van der Waals surface area contributed by atoms with Crippen LogP contribution in [0.2, 0.25) is 0 Å². The zero-order valence-corrected chi connectivity index (χ0v) is 8.92. The van der Waals surface area contributed by atoms with Crippen LogP contribution in [0.3, 0.4) is 0 Å². The molecule has 1 aromatic carbocycles. The maximum absolute atomic E-state index is 11.7. The fourth-order valence-electron chi connectivity index (χ4n) is 1.77. The summed E-state index contributed by atoms with van der Waals surface area (Å²) >= 11 is 0. The lowest BCUT2D eigenvalue weighted by Crippen LogP contribution is -2.24. The summed E-state index contributed by atoms with van der Waals surface area (Å²) in [6, 6.07) is 7.66. The van der Waals surface area contributed by atoms with Gasteiger partial charge in [0.1, 0.15) is 0 Å². The first-order valence-corrected chi connectivity index (χ1v) is 5.33. The molecule has 0 atom stereocenters. The molecule has 0 radical (unpaired) electrons. The van der Waals surface area contributed by atoms with Crippen molar-refractivity contribution in [2.45, 2.75) is 12.8 Å². The smallest absolute Gasteiger partial charge is 0.251 e. The van der Waals surface area contributed by atoms with Crippen molar-refractivity contribution in [3.8, 4) is 6.07 Å². The molecule has 0 unspecified atom stereocenters. The van der Waals surface area contributed by atoms with Gasteiger partial charge in [-0.15, -0.1) is 0 Å². The molecule has 1 aromatic rings. The van der Waals surface area contributed by atoms with Crippen LogP contribution < -0.4 is 10.6 Å². The number of carbonyl (C=O) groups excluding carboxylic acids is 1. The van der Waals surface area contributed by atoms with Gasteiger partial charge in [0.15, 0.2) is 0 Å². The Kier molecular flexibility index (Phi) is 3.06. The number of fused-ring (bicyclic) bond motifs is 1. The first kappa shape index (κ1) is 10.5. The number of hydrogen-bond donors (Lipinski definition) is 2. The molecule has 16 heavy (non-hydrogen) atoms. The summed E-state index contributed by atoms with van der Waals surface area (Å²) in [6.45, 7) is 1.34. The van der Waals surface area contributed by atoms with Gasteiger partial charge in [-0.3, -0.25) is 4.79 Å². The third kappa shape index (κ3) is 2.14. The topological polar surface area (TPSA) is 64.9 Å². The number of nitriles is 1. The van der Waals surface area contributed by atoms with E-state index in [1.54, 1.807) is 0 Å². The van der Waals surface area contributed by atoms with Crippen molar-refractivity contribution in [3.63, 3.8) is 0 Å². The Balaban J connectivity index is 2.04. The van der Waals surface area contributed by atoms with E-state index < -0.39 is 0 Å². The second kappa shape index (κ2) is 4.67. The lowest BCUT2D eigenvalue weighted by atomic mass is 10.1. The van der Waals surface area contributed by atoms with E-state index in [-0.39, 0.29) is 5.91 Å². The highest BCUT2D eigenvalue weighted by Crippen LogP contribution is 2.22. The Morgan fingerprint density at radius 2 is 2.44 bits per heavy atom. The van der Waals surface area contributed by atoms with Crippen molar-refractivity contribution in [1.82, 2.24) is 5.32 Å². The first-order chi connectivity index (χ1) is 7.81. The van der Waals surface area contributed by atoms with Crippen LogP contribution in [0.5, 0.6) is 0 Å². The predicted octanol–water partition coefficient (Wildman–Crippen LogP) is 1.30. The molecule has 2 N–H and O–H groups in total. The molecule has 2 rings (SSSR count). The van der Waals surface area contributed by atoms with E-state index in [4.69, 9.17) is 5.26 Å². The summed E-state index contributed by atoms with van der Waals surface area (Å²) in [5.41, 5.74) is 2.95. The van der Waals surface area contributed by atoms with Crippen LogP contribution in [-0.4, -0.2) is 19.0 Å². The molecular weight excluding hydrogens is 202 g/mol. The summed E-state index contributed by atoms with van der Waals surface area (Å²) < 4.78 is 0. The van der Waals surface area contributed by atoms with Gasteiger partial charge in [0.25, 0.3) is 5.91 Å². The normalized spacial score (nSPS) is 12.4. The van der Waals surface area contributed by atoms with Crippen LogP contribution in [0.1, 0.15) is 22.3 Å². The number of anilines is 1. The highest BCUT2D eigenvalue weighted by molar-refractivity contribution is 5.95. The number of amides is 1. The van der Waals surface area contributed by atoms with Gasteiger partial charge in [0.05, 0.1) is 12.5 Å².